The van der Waals surface area contributed by atoms with E-state index in [1.165, 1.54) is 33.5 Å². The second-order valence-corrected chi connectivity index (χ2v) is 10.9. The number of halogens is 3. The largest absolute Gasteiger partial charge is 0.492 e. The Hall–Kier alpha value is -2.78. The van der Waals surface area contributed by atoms with Gasteiger partial charge in [-0.15, -0.1) is 0 Å². The van der Waals surface area contributed by atoms with Gasteiger partial charge >= 0.3 is 0 Å². The Kier molecular flexibility index (Phi) is 6.78. The summed E-state index contributed by atoms with van der Waals surface area (Å²) in [7, 11) is -2.04. The Labute approximate surface area is 208 Å². The van der Waals surface area contributed by atoms with Crippen molar-refractivity contribution < 1.29 is 26.7 Å². The monoisotopic (exact) mass is 603 g/mol. The van der Waals surface area contributed by atoms with E-state index in [2.05, 4.69) is 10.3 Å². The Balaban J connectivity index is 1.48. The van der Waals surface area contributed by atoms with Crippen molar-refractivity contribution in [2.75, 3.05) is 25.0 Å². The minimum Gasteiger partial charge on any atom is -0.492 e. The van der Waals surface area contributed by atoms with E-state index >= 15 is 0 Å². The summed E-state index contributed by atoms with van der Waals surface area (Å²) in [4.78, 5) is 16.0. The number of rotatable bonds is 8. The molecular formula is C21H20F2IN5O4S. The molecule has 13 heteroatoms. The molecule has 0 bridgehead atoms. The van der Waals surface area contributed by atoms with Crippen LogP contribution < -0.4 is 15.8 Å². The van der Waals surface area contributed by atoms with Gasteiger partial charge < -0.3 is 20.4 Å². The molecule has 0 aliphatic carbocycles. The van der Waals surface area contributed by atoms with Crippen molar-refractivity contribution in [1.82, 2.24) is 13.9 Å². The number of carbonyl (C=O) groups is 1. The van der Waals surface area contributed by atoms with Gasteiger partial charge in [-0.25, -0.2) is 22.2 Å². The fourth-order valence-electron chi connectivity index (χ4n) is 3.47. The first-order chi connectivity index (χ1) is 16.0. The Bertz CT molecular complexity index is 1360. The van der Waals surface area contributed by atoms with Crippen molar-refractivity contribution >= 4 is 49.9 Å². The lowest BCUT2D eigenvalue weighted by atomic mass is 10.1. The number of amides is 1. The lowest BCUT2D eigenvalue weighted by Gasteiger charge is -2.37. The Morgan fingerprint density at radius 2 is 2.00 bits per heavy atom. The molecule has 1 aliphatic heterocycles. The van der Waals surface area contributed by atoms with E-state index < -0.39 is 27.6 Å². The van der Waals surface area contributed by atoms with Gasteiger partial charge in [-0.3, -0.25) is 4.79 Å². The number of primary amides is 1. The van der Waals surface area contributed by atoms with E-state index in [9.17, 15) is 22.0 Å². The van der Waals surface area contributed by atoms with Crippen molar-refractivity contribution in [2.45, 2.75) is 5.03 Å². The van der Waals surface area contributed by atoms with Gasteiger partial charge in [0, 0.05) is 41.9 Å². The summed E-state index contributed by atoms with van der Waals surface area (Å²) >= 11 is 1.95. The van der Waals surface area contributed by atoms with Crippen LogP contribution in [0.1, 0.15) is 10.4 Å². The second-order valence-electron chi connectivity index (χ2n) is 7.82. The minimum atomic E-state index is -3.71. The predicted octanol–water partition coefficient (Wildman–Crippen LogP) is 2.84. The number of hydrogen-bond donors (Lipinski definition) is 2. The topological polar surface area (TPSA) is 120 Å². The van der Waals surface area contributed by atoms with E-state index in [0.717, 1.165) is 12.1 Å². The van der Waals surface area contributed by atoms with Crippen LogP contribution in [0.25, 0.3) is 0 Å². The van der Waals surface area contributed by atoms with Gasteiger partial charge in [0.1, 0.15) is 22.9 Å². The number of aryl methyl sites for hydroxylation is 1. The normalized spacial score (nSPS) is 14.6. The average molecular weight is 603 g/mol. The molecule has 0 unspecified atom stereocenters. The molecule has 0 saturated carbocycles. The van der Waals surface area contributed by atoms with E-state index in [1.807, 2.05) is 22.6 Å². The Morgan fingerprint density at radius 3 is 2.62 bits per heavy atom. The lowest BCUT2D eigenvalue weighted by Crippen LogP contribution is -2.52. The van der Waals surface area contributed by atoms with Crippen LogP contribution >= 0.6 is 22.6 Å². The number of benzene rings is 2. The summed E-state index contributed by atoms with van der Waals surface area (Å²) in [6.07, 6.45) is 2.81. The van der Waals surface area contributed by atoms with Gasteiger partial charge in [-0.05, 0) is 46.9 Å². The molecular weight excluding hydrogens is 583 g/mol. The molecule has 4 rings (SSSR count). The zero-order valence-electron chi connectivity index (χ0n) is 17.8. The molecule has 1 aromatic heterocycles. The van der Waals surface area contributed by atoms with Crippen LogP contribution in [-0.4, -0.2) is 47.9 Å². The van der Waals surface area contributed by atoms with Crippen LogP contribution in [0.4, 0.5) is 20.2 Å². The number of imidazole rings is 1. The highest BCUT2D eigenvalue weighted by Crippen LogP contribution is 2.33. The van der Waals surface area contributed by atoms with Crippen molar-refractivity contribution in [3.63, 3.8) is 0 Å². The van der Waals surface area contributed by atoms with Gasteiger partial charge in [0.15, 0.2) is 5.03 Å². The third kappa shape index (κ3) is 5.00. The maximum absolute atomic E-state index is 14.3. The first kappa shape index (κ1) is 24.3. The quantitative estimate of drug-likeness (QED) is 0.383. The maximum Gasteiger partial charge on any atom is 0.262 e. The molecule has 0 radical (unpaired) electrons. The Morgan fingerprint density at radius 1 is 1.26 bits per heavy atom. The number of anilines is 2. The molecule has 0 spiro atoms. The van der Waals surface area contributed by atoms with Crippen molar-refractivity contribution in [3.8, 4) is 5.75 Å². The summed E-state index contributed by atoms with van der Waals surface area (Å²) in [6.45, 7) is 0.382. The summed E-state index contributed by atoms with van der Waals surface area (Å²) in [5, 5.41) is 2.65. The molecule has 9 nitrogen and oxygen atoms in total. The van der Waals surface area contributed by atoms with Crippen molar-refractivity contribution in [2.24, 2.45) is 18.7 Å². The van der Waals surface area contributed by atoms with Gasteiger partial charge in [0.2, 0.25) is 0 Å². The van der Waals surface area contributed by atoms with Crippen LogP contribution in [-0.2, 0) is 17.1 Å². The maximum atomic E-state index is 14.3. The first-order valence-electron chi connectivity index (χ1n) is 10.0. The predicted molar refractivity (Wildman–Crippen MR) is 128 cm³/mol. The van der Waals surface area contributed by atoms with Crippen LogP contribution in [0, 0.1) is 21.1 Å². The van der Waals surface area contributed by atoms with E-state index in [-0.39, 0.29) is 53.3 Å². The standard InChI is InChI=1S/C21H20F2IN5O4S/c1-28-9-19(26-11-28)34(31,32)29-7-12(8-29)10-33-18-5-13(22)4-17(20(18)21(25)30)27-16-3-2-14(24)6-15(16)23/h2-6,9,11-12,27H,7-8,10H2,1H3,(H2,25,30). The zero-order chi connectivity index (χ0) is 24.6. The van der Waals surface area contributed by atoms with Gasteiger partial charge in [0.25, 0.3) is 15.9 Å². The number of carbonyl (C=O) groups excluding carboxylic acids is 1. The molecule has 34 heavy (non-hydrogen) atoms. The highest BCUT2D eigenvalue weighted by atomic mass is 127. The van der Waals surface area contributed by atoms with E-state index in [4.69, 9.17) is 10.5 Å². The van der Waals surface area contributed by atoms with Crippen LogP contribution in [0.2, 0.25) is 0 Å². The molecule has 3 aromatic rings. The highest BCUT2D eigenvalue weighted by Gasteiger charge is 2.38. The SMILES string of the molecule is Cn1cnc(S(=O)(=O)N2CC(COc3cc(F)cc(Nc4ccc(I)cc4F)c3C(N)=O)C2)c1. The average Bonchev–Trinajstić information content (AvgIpc) is 3.15. The third-order valence-corrected chi connectivity index (χ3v) is 7.59. The molecule has 2 heterocycles. The number of hydrogen-bond acceptors (Lipinski definition) is 6. The third-order valence-electron chi connectivity index (χ3n) is 5.20. The van der Waals surface area contributed by atoms with Crippen LogP contribution in [0.3, 0.4) is 0 Å². The molecule has 0 atom stereocenters. The first-order valence-corrected chi connectivity index (χ1v) is 12.5. The van der Waals surface area contributed by atoms with Gasteiger partial charge in [0.05, 0.1) is 24.3 Å². The van der Waals surface area contributed by atoms with E-state index in [0.29, 0.717) is 3.57 Å². The number of nitrogens with zero attached hydrogens (tertiary/aromatic N) is 3. The molecule has 1 amide bonds. The molecule has 180 valence electrons. The number of nitrogens with one attached hydrogen (secondary N) is 1. The molecule has 2 aromatic carbocycles. The van der Waals surface area contributed by atoms with Crippen LogP contribution in [0.15, 0.2) is 47.9 Å². The molecule has 3 N–H and O–H groups in total. The van der Waals surface area contributed by atoms with E-state index in [1.54, 1.807) is 13.1 Å². The summed E-state index contributed by atoms with van der Waals surface area (Å²) in [6, 6.07) is 6.42. The number of nitrogens with two attached hydrogens (primary N) is 1. The minimum absolute atomic E-state index is 0.0231. The number of ether oxygens (including phenoxy) is 1. The fourth-order valence-corrected chi connectivity index (χ4v) is 5.48. The number of sulfonamides is 1. The van der Waals surface area contributed by atoms with Crippen LogP contribution in [0.5, 0.6) is 5.75 Å². The highest BCUT2D eigenvalue weighted by molar-refractivity contribution is 14.1. The van der Waals surface area contributed by atoms with Crippen molar-refractivity contribution in [3.05, 3.63) is 63.6 Å². The van der Waals surface area contributed by atoms with Gasteiger partial charge in [-0.1, -0.05) is 0 Å². The smallest absolute Gasteiger partial charge is 0.262 e. The summed E-state index contributed by atoms with van der Waals surface area (Å²) in [5.74, 6) is -2.50. The lowest BCUT2D eigenvalue weighted by molar-refractivity contribution is 0.0989. The fraction of sp³-hybridized carbons (Fsp3) is 0.238. The molecule has 1 saturated heterocycles. The van der Waals surface area contributed by atoms with Crippen molar-refractivity contribution in [1.29, 1.82) is 0 Å². The van der Waals surface area contributed by atoms with Gasteiger partial charge in [-0.2, -0.15) is 4.31 Å². The zero-order valence-corrected chi connectivity index (χ0v) is 20.8. The number of aromatic nitrogens is 2. The summed E-state index contributed by atoms with van der Waals surface area (Å²) in [5.41, 5.74) is 5.36. The molecule has 1 aliphatic rings. The summed E-state index contributed by atoms with van der Waals surface area (Å²) < 4.78 is 62.8. The molecule has 1 fully saturated rings. The second kappa shape index (κ2) is 9.46.